The molecule has 0 amide bonds. The maximum atomic E-state index is 11.4. The van der Waals surface area contributed by atoms with Gasteiger partial charge in [-0.05, 0) is 51.3 Å². The van der Waals surface area contributed by atoms with E-state index in [0.717, 1.165) is 31.6 Å². The lowest BCUT2D eigenvalue weighted by molar-refractivity contribution is 0.0600. The molecule has 0 fully saturated rings. The van der Waals surface area contributed by atoms with Crippen LogP contribution in [0.1, 0.15) is 22.3 Å². The average Bonchev–Trinajstić information content (AvgIpc) is 2.38. The van der Waals surface area contributed by atoms with Crippen molar-refractivity contribution in [3.8, 4) is 0 Å². The molecule has 0 saturated carbocycles. The second-order valence-corrected chi connectivity index (χ2v) is 4.39. The van der Waals surface area contributed by atoms with E-state index >= 15 is 0 Å². The van der Waals surface area contributed by atoms with E-state index in [1.54, 1.807) is 6.07 Å². The Labute approximate surface area is 109 Å². The molecule has 100 valence electrons. The molecule has 1 rings (SSSR count). The molecular formula is C14H22N2O2. The smallest absolute Gasteiger partial charge is 0.337 e. The highest BCUT2D eigenvalue weighted by Gasteiger charge is 2.06. The fraction of sp³-hybridized carbons (Fsp3) is 0.500. The molecule has 0 bridgehead atoms. The fourth-order valence-corrected chi connectivity index (χ4v) is 1.83. The van der Waals surface area contributed by atoms with E-state index in [4.69, 9.17) is 4.74 Å². The van der Waals surface area contributed by atoms with Gasteiger partial charge in [-0.25, -0.2) is 4.79 Å². The Morgan fingerprint density at radius 1 is 1.44 bits per heavy atom. The Kier molecular flexibility index (Phi) is 6.39. The number of hydrogen-bond donors (Lipinski definition) is 1. The SMILES string of the molecule is CNCCCN(C)Cc1cccc(C(=O)OC)c1. The van der Waals surface area contributed by atoms with Crippen LogP contribution in [0.2, 0.25) is 0 Å². The van der Waals surface area contributed by atoms with Gasteiger partial charge in [0.25, 0.3) is 0 Å². The lowest BCUT2D eigenvalue weighted by Crippen LogP contribution is -2.22. The van der Waals surface area contributed by atoms with E-state index < -0.39 is 0 Å². The van der Waals surface area contributed by atoms with E-state index in [1.165, 1.54) is 7.11 Å². The number of rotatable bonds is 7. The van der Waals surface area contributed by atoms with Crippen LogP contribution in [0.3, 0.4) is 0 Å². The Bertz CT molecular complexity index is 380. The quantitative estimate of drug-likeness (QED) is 0.588. The van der Waals surface area contributed by atoms with Gasteiger partial charge in [0.1, 0.15) is 0 Å². The number of methoxy groups -OCH3 is 1. The molecule has 0 aromatic heterocycles. The minimum absolute atomic E-state index is 0.283. The van der Waals surface area contributed by atoms with Crippen LogP contribution in [0, 0.1) is 0 Å². The first-order valence-corrected chi connectivity index (χ1v) is 6.17. The van der Waals surface area contributed by atoms with Crippen molar-refractivity contribution in [2.24, 2.45) is 0 Å². The summed E-state index contributed by atoms with van der Waals surface area (Å²) >= 11 is 0. The van der Waals surface area contributed by atoms with Gasteiger partial charge in [-0.1, -0.05) is 12.1 Å². The van der Waals surface area contributed by atoms with E-state index in [2.05, 4.69) is 17.3 Å². The summed E-state index contributed by atoms with van der Waals surface area (Å²) in [6, 6.07) is 7.58. The standard InChI is InChI=1S/C14H22N2O2/c1-15-8-5-9-16(2)11-12-6-4-7-13(10-12)14(17)18-3/h4,6-7,10,15H,5,8-9,11H2,1-3H3. The third-order valence-corrected chi connectivity index (χ3v) is 2.77. The van der Waals surface area contributed by atoms with Crippen LogP contribution in [-0.2, 0) is 11.3 Å². The van der Waals surface area contributed by atoms with Crippen molar-refractivity contribution in [3.05, 3.63) is 35.4 Å². The summed E-state index contributed by atoms with van der Waals surface area (Å²) in [5.74, 6) is -0.283. The van der Waals surface area contributed by atoms with Gasteiger partial charge >= 0.3 is 5.97 Å². The van der Waals surface area contributed by atoms with Crippen molar-refractivity contribution in [1.29, 1.82) is 0 Å². The molecule has 0 atom stereocenters. The van der Waals surface area contributed by atoms with E-state index in [1.807, 2.05) is 25.2 Å². The third kappa shape index (κ3) is 4.85. The lowest BCUT2D eigenvalue weighted by Gasteiger charge is -2.16. The second-order valence-electron chi connectivity index (χ2n) is 4.39. The molecule has 1 aromatic rings. The normalized spacial score (nSPS) is 10.7. The first kappa shape index (κ1) is 14.7. The minimum atomic E-state index is -0.283. The molecule has 18 heavy (non-hydrogen) atoms. The van der Waals surface area contributed by atoms with Crippen molar-refractivity contribution in [1.82, 2.24) is 10.2 Å². The van der Waals surface area contributed by atoms with Crippen LogP contribution in [0.25, 0.3) is 0 Å². The average molecular weight is 250 g/mol. The van der Waals surface area contributed by atoms with Crippen LogP contribution in [0.4, 0.5) is 0 Å². The van der Waals surface area contributed by atoms with Gasteiger partial charge in [0.15, 0.2) is 0 Å². The first-order valence-electron chi connectivity index (χ1n) is 6.17. The monoisotopic (exact) mass is 250 g/mol. The molecule has 4 nitrogen and oxygen atoms in total. The molecule has 0 radical (unpaired) electrons. The summed E-state index contributed by atoms with van der Waals surface area (Å²) in [4.78, 5) is 13.7. The van der Waals surface area contributed by atoms with Gasteiger partial charge in [-0.15, -0.1) is 0 Å². The maximum Gasteiger partial charge on any atom is 0.337 e. The van der Waals surface area contributed by atoms with Gasteiger partial charge in [0.05, 0.1) is 12.7 Å². The Morgan fingerprint density at radius 3 is 2.89 bits per heavy atom. The predicted octanol–water partition coefficient (Wildman–Crippen LogP) is 1.51. The van der Waals surface area contributed by atoms with Gasteiger partial charge < -0.3 is 15.0 Å². The van der Waals surface area contributed by atoms with Gasteiger partial charge in [0.2, 0.25) is 0 Å². The summed E-state index contributed by atoms with van der Waals surface area (Å²) in [5, 5.41) is 3.13. The molecule has 0 saturated heterocycles. The molecule has 0 unspecified atom stereocenters. The summed E-state index contributed by atoms with van der Waals surface area (Å²) in [6.45, 7) is 2.89. The number of nitrogens with one attached hydrogen (secondary N) is 1. The number of esters is 1. The minimum Gasteiger partial charge on any atom is -0.465 e. The molecule has 4 heteroatoms. The number of ether oxygens (including phenoxy) is 1. The number of carbonyl (C=O) groups excluding carboxylic acids is 1. The number of benzene rings is 1. The van der Waals surface area contributed by atoms with Crippen molar-refractivity contribution in [2.45, 2.75) is 13.0 Å². The maximum absolute atomic E-state index is 11.4. The van der Waals surface area contributed by atoms with Crippen LogP contribution >= 0.6 is 0 Å². The van der Waals surface area contributed by atoms with Crippen molar-refractivity contribution >= 4 is 5.97 Å². The molecule has 0 aliphatic carbocycles. The van der Waals surface area contributed by atoms with Crippen molar-refractivity contribution < 1.29 is 9.53 Å². The third-order valence-electron chi connectivity index (χ3n) is 2.77. The highest BCUT2D eigenvalue weighted by atomic mass is 16.5. The van der Waals surface area contributed by atoms with Crippen molar-refractivity contribution in [2.75, 3.05) is 34.3 Å². The highest BCUT2D eigenvalue weighted by molar-refractivity contribution is 5.89. The van der Waals surface area contributed by atoms with Gasteiger partial charge in [0, 0.05) is 6.54 Å². The molecule has 0 heterocycles. The largest absolute Gasteiger partial charge is 0.465 e. The van der Waals surface area contributed by atoms with Crippen molar-refractivity contribution in [3.63, 3.8) is 0 Å². The number of carbonyl (C=O) groups is 1. The summed E-state index contributed by atoms with van der Waals surface area (Å²) in [5.41, 5.74) is 1.74. The lowest BCUT2D eigenvalue weighted by atomic mass is 10.1. The highest BCUT2D eigenvalue weighted by Crippen LogP contribution is 2.08. The Balaban J connectivity index is 2.53. The Morgan fingerprint density at radius 2 is 2.22 bits per heavy atom. The van der Waals surface area contributed by atoms with Gasteiger partial charge in [-0.3, -0.25) is 0 Å². The molecule has 1 N–H and O–H groups in total. The topological polar surface area (TPSA) is 41.6 Å². The first-order chi connectivity index (χ1) is 8.67. The molecular weight excluding hydrogens is 228 g/mol. The summed E-state index contributed by atoms with van der Waals surface area (Å²) in [6.07, 6.45) is 1.11. The molecule has 1 aromatic carbocycles. The summed E-state index contributed by atoms with van der Waals surface area (Å²) < 4.78 is 4.71. The Hall–Kier alpha value is -1.39. The van der Waals surface area contributed by atoms with Crippen LogP contribution in [-0.4, -0.2) is 45.2 Å². The van der Waals surface area contributed by atoms with E-state index in [0.29, 0.717) is 5.56 Å². The summed E-state index contributed by atoms with van der Waals surface area (Å²) in [7, 11) is 5.44. The zero-order valence-electron chi connectivity index (χ0n) is 11.4. The zero-order valence-corrected chi connectivity index (χ0v) is 11.4. The molecule has 0 aliphatic rings. The van der Waals surface area contributed by atoms with E-state index in [-0.39, 0.29) is 5.97 Å². The van der Waals surface area contributed by atoms with Crippen LogP contribution in [0.15, 0.2) is 24.3 Å². The fourth-order valence-electron chi connectivity index (χ4n) is 1.83. The van der Waals surface area contributed by atoms with E-state index in [9.17, 15) is 4.79 Å². The number of hydrogen-bond acceptors (Lipinski definition) is 4. The van der Waals surface area contributed by atoms with Gasteiger partial charge in [-0.2, -0.15) is 0 Å². The van der Waals surface area contributed by atoms with Crippen LogP contribution in [0.5, 0.6) is 0 Å². The van der Waals surface area contributed by atoms with Crippen LogP contribution < -0.4 is 5.32 Å². The molecule has 0 spiro atoms. The predicted molar refractivity (Wildman–Crippen MR) is 72.7 cm³/mol. The second kappa shape index (κ2) is 7.84. The number of nitrogens with zero attached hydrogens (tertiary/aromatic N) is 1. The molecule has 0 aliphatic heterocycles. The zero-order chi connectivity index (χ0) is 13.4.